The first kappa shape index (κ1) is 26.4. The van der Waals surface area contributed by atoms with Crippen molar-refractivity contribution < 1.29 is 31.2 Å². The number of anilines is 1. The standard InChI is InChI=1S/C27H25F3N2O4S/c1-2-37(35,36)23-13-3-18(4-14-23)15-31-26(34)20-7-11-22(12-8-20)32-16-24(25(33)17-32)19-5-9-21(10-6-19)27(28,29)30/h3-14,24H,2,15-17H2,1H3,(H,31,34). The lowest BCUT2D eigenvalue weighted by Gasteiger charge is -2.18. The van der Waals surface area contributed by atoms with Gasteiger partial charge in [-0.25, -0.2) is 8.42 Å². The molecule has 1 N–H and O–H groups in total. The van der Waals surface area contributed by atoms with E-state index in [4.69, 9.17) is 0 Å². The first-order valence-corrected chi connectivity index (χ1v) is 13.3. The number of nitrogens with one attached hydrogen (secondary N) is 1. The van der Waals surface area contributed by atoms with Gasteiger partial charge in [-0.15, -0.1) is 0 Å². The number of rotatable bonds is 7. The van der Waals surface area contributed by atoms with Gasteiger partial charge in [0.05, 0.1) is 28.7 Å². The van der Waals surface area contributed by atoms with Gasteiger partial charge in [0.25, 0.3) is 5.91 Å². The van der Waals surface area contributed by atoms with Crippen molar-refractivity contribution in [3.05, 3.63) is 95.1 Å². The molecule has 1 heterocycles. The highest BCUT2D eigenvalue weighted by molar-refractivity contribution is 7.91. The molecule has 1 aliphatic heterocycles. The van der Waals surface area contributed by atoms with E-state index < -0.39 is 27.5 Å². The monoisotopic (exact) mass is 530 g/mol. The number of halogens is 3. The molecule has 1 fully saturated rings. The summed E-state index contributed by atoms with van der Waals surface area (Å²) < 4.78 is 62.3. The Bertz CT molecular complexity index is 1390. The maximum absolute atomic E-state index is 12.8. The maximum atomic E-state index is 12.8. The lowest BCUT2D eigenvalue weighted by Crippen LogP contribution is -2.23. The number of Topliss-reactive ketones (excluding diaryl/α,β-unsaturated/α-hetero) is 1. The Balaban J connectivity index is 1.35. The largest absolute Gasteiger partial charge is 0.416 e. The number of amides is 1. The number of benzene rings is 3. The number of alkyl halides is 3. The molecule has 3 aromatic carbocycles. The second-order valence-electron chi connectivity index (χ2n) is 8.80. The third-order valence-electron chi connectivity index (χ3n) is 6.39. The van der Waals surface area contributed by atoms with Crippen molar-refractivity contribution in [3.63, 3.8) is 0 Å². The van der Waals surface area contributed by atoms with Crippen molar-refractivity contribution in [2.75, 3.05) is 23.7 Å². The van der Waals surface area contributed by atoms with E-state index in [1.54, 1.807) is 43.3 Å². The van der Waals surface area contributed by atoms with Crippen LogP contribution in [0.15, 0.2) is 77.7 Å². The minimum absolute atomic E-state index is 0.0143. The maximum Gasteiger partial charge on any atom is 0.416 e. The van der Waals surface area contributed by atoms with E-state index in [9.17, 15) is 31.2 Å². The molecule has 0 spiro atoms. The van der Waals surface area contributed by atoms with Crippen LogP contribution in [0, 0.1) is 0 Å². The van der Waals surface area contributed by atoms with Crippen LogP contribution < -0.4 is 10.2 Å². The van der Waals surface area contributed by atoms with Crippen LogP contribution in [-0.2, 0) is 27.4 Å². The fourth-order valence-corrected chi connectivity index (χ4v) is 5.05. The molecule has 1 unspecified atom stereocenters. The highest BCUT2D eigenvalue weighted by Crippen LogP contribution is 2.33. The highest BCUT2D eigenvalue weighted by atomic mass is 32.2. The first-order valence-electron chi connectivity index (χ1n) is 11.6. The average molecular weight is 531 g/mol. The minimum atomic E-state index is -4.43. The molecule has 1 atom stereocenters. The molecule has 1 aliphatic rings. The lowest BCUT2D eigenvalue weighted by molar-refractivity contribution is -0.137. The molecule has 4 rings (SSSR count). The summed E-state index contributed by atoms with van der Waals surface area (Å²) >= 11 is 0. The molecule has 0 aromatic heterocycles. The van der Waals surface area contributed by atoms with Crippen molar-refractivity contribution in [1.82, 2.24) is 5.32 Å². The SMILES string of the molecule is CCS(=O)(=O)c1ccc(CNC(=O)c2ccc(N3CC(=O)C(c4ccc(C(F)(F)F)cc4)C3)cc2)cc1. The third-order valence-corrected chi connectivity index (χ3v) is 8.14. The molecule has 194 valence electrons. The number of carbonyl (C=O) groups is 2. The quantitative estimate of drug-likeness (QED) is 0.483. The summed E-state index contributed by atoms with van der Waals surface area (Å²) in [6, 6.07) is 17.7. The van der Waals surface area contributed by atoms with Crippen molar-refractivity contribution >= 4 is 27.2 Å². The molecule has 1 saturated heterocycles. The highest BCUT2D eigenvalue weighted by Gasteiger charge is 2.34. The predicted molar refractivity (Wildman–Crippen MR) is 133 cm³/mol. The van der Waals surface area contributed by atoms with E-state index in [1.165, 1.54) is 24.3 Å². The van der Waals surface area contributed by atoms with E-state index in [-0.39, 0.29) is 35.4 Å². The second-order valence-corrected chi connectivity index (χ2v) is 11.1. The number of carbonyl (C=O) groups excluding carboxylic acids is 2. The fraction of sp³-hybridized carbons (Fsp3) is 0.259. The van der Waals surface area contributed by atoms with E-state index in [1.807, 2.05) is 4.90 Å². The Hall–Kier alpha value is -3.66. The molecule has 0 saturated carbocycles. The molecule has 1 amide bonds. The molecule has 3 aromatic rings. The number of ketones is 1. The molecule has 0 aliphatic carbocycles. The van der Waals surface area contributed by atoms with Crippen molar-refractivity contribution in [2.24, 2.45) is 0 Å². The Morgan fingerprint density at radius 1 is 0.973 bits per heavy atom. The summed E-state index contributed by atoms with van der Waals surface area (Å²) in [6.45, 7) is 2.26. The van der Waals surface area contributed by atoms with Crippen LogP contribution in [0.3, 0.4) is 0 Å². The summed E-state index contributed by atoms with van der Waals surface area (Å²) in [7, 11) is -3.28. The summed E-state index contributed by atoms with van der Waals surface area (Å²) in [4.78, 5) is 27.2. The Morgan fingerprint density at radius 2 is 1.59 bits per heavy atom. The van der Waals surface area contributed by atoms with Gasteiger partial charge in [0.2, 0.25) is 0 Å². The number of sulfone groups is 1. The van der Waals surface area contributed by atoms with Gasteiger partial charge in [-0.05, 0) is 59.7 Å². The zero-order valence-electron chi connectivity index (χ0n) is 20.0. The van der Waals surface area contributed by atoms with Crippen LogP contribution in [0.25, 0.3) is 0 Å². The van der Waals surface area contributed by atoms with Crippen molar-refractivity contribution in [1.29, 1.82) is 0 Å². The molecule has 0 bridgehead atoms. The molecule has 37 heavy (non-hydrogen) atoms. The Labute approximate surface area is 213 Å². The van der Waals surface area contributed by atoms with Gasteiger partial charge in [0.1, 0.15) is 0 Å². The minimum Gasteiger partial charge on any atom is -0.363 e. The zero-order chi connectivity index (χ0) is 26.8. The van der Waals surface area contributed by atoms with Gasteiger partial charge < -0.3 is 10.2 Å². The average Bonchev–Trinajstić information content (AvgIpc) is 3.28. The van der Waals surface area contributed by atoms with Crippen LogP contribution in [0.5, 0.6) is 0 Å². The van der Waals surface area contributed by atoms with E-state index in [0.29, 0.717) is 17.7 Å². The Kier molecular flexibility index (Phi) is 7.40. The second kappa shape index (κ2) is 10.4. The number of nitrogens with zero attached hydrogens (tertiary/aromatic N) is 1. The molecule has 0 radical (unpaired) electrons. The first-order chi connectivity index (χ1) is 17.5. The van der Waals surface area contributed by atoms with Crippen LogP contribution >= 0.6 is 0 Å². The zero-order valence-corrected chi connectivity index (χ0v) is 20.8. The summed E-state index contributed by atoms with van der Waals surface area (Å²) in [5.41, 5.74) is 1.68. The van der Waals surface area contributed by atoms with Gasteiger partial charge in [0, 0.05) is 24.3 Å². The van der Waals surface area contributed by atoms with Crippen molar-refractivity contribution in [2.45, 2.75) is 30.5 Å². The van der Waals surface area contributed by atoms with Gasteiger partial charge in [-0.3, -0.25) is 9.59 Å². The number of hydrogen-bond acceptors (Lipinski definition) is 5. The number of hydrogen-bond donors (Lipinski definition) is 1. The lowest BCUT2D eigenvalue weighted by atomic mass is 9.96. The van der Waals surface area contributed by atoms with Crippen LogP contribution in [0.2, 0.25) is 0 Å². The molecular formula is C27H25F3N2O4S. The van der Waals surface area contributed by atoms with Crippen LogP contribution in [-0.4, -0.2) is 39.0 Å². The van der Waals surface area contributed by atoms with Crippen LogP contribution in [0.4, 0.5) is 18.9 Å². The van der Waals surface area contributed by atoms with Gasteiger partial charge in [-0.2, -0.15) is 13.2 Å². The normalized spacial score (nSPS) is 16.2. The van der Waals surface area contributed by atoms with E-state index in [2.05, 4.69) is 5.32 Å². The smallest absolute Gasteiger partial charge is 0.363 e. The van der Waals surface area contributed by atoms with Crippen LogP contribution in [0.1, 0.15) is 39.9 Å². The van der Waals surface area contributed by atoms with Crippen molar-refractivity contribution in [3.8, 4) is 0 Å². The molecular weight excluding hydrogens is 505 g/mol. The van der Waals surface area contributed by atoms with Gasteiger partial charge in [0.15, 0.2) is 15.6 Å². The predicted octanol–water partition coefficient (Wildman–Crippen LogP) is 4.60. The molecule has 10 heteroatoms. The third kappa shape index (κ3) is 6.02. The van der Waals surface area contributed by atoms with E-state index >= 15 is 0 Å². The summed E-state index contributed by atoms with van der Waals surface area (Å²) in [5.74, 6) is -0.902. The summed E-state index contributed by atoms with van der Waals surface area (Å²) in [6.07, 6.45) is -4.43. The van der Waals surface area contributed by atoms with E-state index in [0.717, 1.165) is 23.4 Å². The summed E-state index contributed by atoms with van der Waals surface area (Å²) in [5, 5.41) is 2.79. The van der Waals surface area contributed by atoms with Gasteiger partial charge >= 0.3 is 6.18 Å². The Morgan fingerprint density at radius 3 is 2.16 bits per heavy atom. The van der Waals surface area contributed by atoms with Gasteiger partial charge in [-0.1, -0.05) is 31.2 Å². The molecule has 6 nitrogen and oxygen atoms in total. The fourth-order valence-electron chi connectivity index (χ4n) is 4.17. The topological polar surface area (TPSA) is 83.6 Å².